The Balaban J connectivity index is 1.94. The molecular weight excluding hydrogens is 287 g/mol. The second-order valence-electron chi connectivity index (χ2n) is 4.43. The molecule has 2 heterocycles. The van der Waals surface area contributed by atoms with Gasteiger partial charge in [-0.3, -0.25) is 0 Å². The van der Waals surface area contributed by atoms with Crippen molar-refractivity contribution in [2.24, 2.45) is 0 Å². The van der Waals surface area contributed by atoms with E-state index >= 15 is 0 Å². The van der Waals surface area contributed by atoms with Crippen molar-refractivity contribution in [3.05, 3.63) is 50.2 Å². The van der Waals surface area contributed by atoms with Gasteiger partial charge in [0.15, 0.2) is 0 Å². The lowest BCUT2D eigenvalue weighted by Crippen LogP contribution is -1.91. The summed E-state index contributed by atoms with van der Waals surface area (Å²) in [6.45, 7) is 2.78. The molecule has 1 aromatic heterocycles. The van der Waals surface area contributed by atoms with Gasteiger partial charge in [0.2, 0.25) is 0 Å². The lowest BCUT2D eigenvalue weighted by molar-refractivity contribution is 0.357. The van der Waals surface area contributed by atoms with Gasteiger partial charge in [-0.15, -0.1) is 22.9 Å². The Morgan fingerprint density at radius 3 is 2.89 bits per heavy atom. The molecule has 0 saturated carbocycles. The Morgan fingerprint density at radius 2 is 2.17 bits per heavy atom. The van der Waals surface area contributed by atoms with Crippen molar-refractivity contribution in [3.8, 4) is 5.75 Å². The molecule has 0 radical (unpaired) electrons. The molecule has 1 aromatic carbocycles. The predicted molar refractivity (Wildman–Crippen MR) is 77.4 cm³/mol. The van der Waals surface area contributed by atoms with E-state index in [2.05, 4.69) is 12.1 Å². The highest BCUT2D eigenvalue weighted by molar-refractivity contribution is 7.16. The minimum absolute atomic E-state index is 0.132. The minimum atomic E-state index is -0.132. The molecule has 3 rings (SSSR count). The van der Waals surface area contributed by atoms with E-state index in [9.17, 15) is 0 Å². The first-order valence-corrected chi connectivity index (χ1v) is 7.44. The summed E-state index contributed by atoms with van der Waals surface area (Å²) in [4.78, 5) is 1.10. The minimum Gasteiger partial charge on any atom is -0.493 e. The van der Waals surface area contributed by atoms with Crippen LogP contribution in [0.2, 0.25) is 4.34 Å². The normalized spacial score (nSPS) is 15.3. The van der Waals surface area contributed by atoms with E-state index in [1.807, 2.05) is 19.1 Å². The molecule has 0 aliphatic carbocycles. The first kappa shape index (κ1) is 12.3. The zero-order chi connectivity index (χ0) is 12.7. The van der Waals surface area contributed by atoms with Gasteiger partial charge in [0.1, 0.15) is 5.75 Å². The molecule has 94 valence electrons. The first-order valence-electron chi connectivity index (χ1n) is 5.80. The van der Waals surface area contributed by atoms with Crippen molar-refractivity contribution in [1.82, 2.24) is 0 Å². The molecule has 2 aromatic rings. The molecule has 0 N–H and O–H groups in total. The van der Waals surface area contributed by atoms with E-state index < -0.39 is 0 Å². The average Bonchev–Trinajstić information content (AvgIpc) is 2.95. The number of ether oxygens (including phenoxy) is 1. The molecule has 0 fully saturated rings. The summed E-state index contributed by atoms with van der Waals surface area (Å²) in [7, 11) is 0. The zero-order valence-electron chi connectivity index (χ0n) is 9.87. The van der Waals surface area contributed by atoms with Gasteiger partial charge in [-0.1, -0.05) is 23.7 Å². The highest BCUT2D eigenvalue weighted by Crippen LogP contribution is 2.39. The zero-order valence-corrected chi connectivity index (χ0v) is 12.2. The fourth-order valence-corrected chi connectivity index (χ4v) is 3.69. The van der Waals surface area contributed by atoms with E-state index in [1.165, 1.54) is 5.56 Å². The second-order valence-corrected chi connectivity index (χ2v) is 6.56. The molecular formula is C14H12Cl2OS. The molecule has 1 nitrogen and oxygen atoms in total. The summed E-state index contributed by atoms with van der Waals surface area (Å²) in [5, 5.41) is -0.132. The molecule has 1 atom stereocenters. The summed E-state index contributed by atoms with van der Waals surface area (Å²) >= 11 is 14.2. The van der Waals surface area contributed by atoms with Gasteiger partial charge in [0.25, 0.3) is 0 Å². The van der Waals surface area contributed by atoms with E-state index in [0.717, 1.165) is 39.1 Å². The number of thiophene rings is 1. The fraction of sp³-hybridized carbons (Fsp3) is 0.286. The third-order valence-electron chi connectivity index (χ3n) is 3.13. The predicted octanol–water partition coefficient (Wildman–Crippen LogP) is 4.97. The standard InChI is InChI=1S/C14H12Cl2OS/c1-8-6-12(18-14(8)16)13(15)10-2-3-11-9(7-10)4-5-17-11/h2-3,6-7,13H,4-5H2,1H3. The topological polar surface area (TPSA) is 9.23 Å². The number of aryl methyl sites for hydroxylation is 1. The largest absolute Gasteiger partial charge is 0.493 e. The maximum absolute atomic E-state index is 6.53. The Bertz CT molecular complexity index is 572. The number of halogens is 2. The van der Waals surface area contributed by atoms with Gasteiger partial charge in [-0.05, 0) is 35.7 Å². The summed E-state index contributed by atoms with van der Waals surface area (Å²) in [5.41, 5.74) is 3.45. The number of fused-ring (bicyclic) bond motifs is 1. The monoisotopic (exact) mass is 298 g/mol. The highest BCUT2D eigenvalue weighted by Gasteiger charge is 2.18. The Hall–Kier alpha value is -0.700. The van der Waals surface area contributed by atoms with Crippen LogP contribution in [0.25, 0.3) is 0 Å². The molecule has 18 heavy (non-hydrogen) atoms. The maximum Gasteiger partial charge on any atom is 0.122 e. The van der Waals surface area contributed by atoms with Crippen molar-refractivity contribution in [3.63, 3.8) is 0 Å². The van der Waals surface area contributed by atoms with Gasteiger partial charge in [0.05, 0.1) is 16.3 Å². The Labute approximate surface area is 120 Å². The van der Waals surface area contributed by atoms with Crippen LogP contribution in [0.3, 0.4) is 0 Å². The van der Waals surface area contributed by atoms with Crippen LogP contribution in [0.4, 0.5) is 0 Å². The molecule has 0 saturated heterocycles. The molecule has 0 amide bonds. The van der Waals surface area contributed by atoms with Gasteiger partial charge in [-0.25, -0.2) is 0 Å². The smallest absolute Gasteiger partial charge is 0.122 e. The molecule has 0 bridgehead atoms. The molecule has 4 heteroatoms. The van der Waals surface area contributed by atoms with Crippen molar-refractivity contribution >= 4 is 34.5 Å². The molecule has 1 unspecified atom stereocenters. The summed E-state index contributed by atoms with van der Waals surface area (Å²) in [5.74, 6) is 0.989. The third-order valence-corrected chi connectivity index (χ3v) is 5.37. The summed E-state index contributed by atoms with van der Waals surface area (Å²) < 4.78 is 6.32. The summed E-state index contributed by atoms with van der Waals surface area (Å²) in [6, 6.07) is 8.25. The lowest BCUT2D eigenvalue weighted by atomic mass is 10.1. The summed E-state index contributed by atoms with van der Waals surface area (Å²) in [6.07, 6.45) is 0.969. The van der Waals surface area contributed by atoms with Crippen LogP contribution < -0.4 is 4.74 Å². The number of hydrogen-bond acceptors (Lipinski definition) is 2. The molecule has 1 aliphatic heterocycles. The number of rotatable bonds is 2. The number of alkyl halides is 1. The van der Waals surface area contributed by atoms with Crippen molar-refractivity contribution in [1.29, 1.82) is 0 Å². The van der Waals surface area contributed by atoms with Crippen LogP contribution in [0, 0.1) is 6.92 Å². The fourth-order valence-electron chi connectivity index (χ4n) is 2.14. The van der Waals surface area contributed by atoms with Gasteiger partial charge < -0.3 is 4.74 Å². The Morgan fingerprint density at radius 1 is 1.33 bits per heavy atom. The average molecular weight is 299 g/mol. The van der Waals surface area contributed by atoms with Crippen molar-refractivity contribution in [2.75, 3.05) is 6.61 Å². The van der Waals surface area contributed by atoms with E-state index in [-0.39, 0.29) is 5.38 Å². The van der Waals surface area contributed by atoms with E-state index in [4.69, 9.17) is 27.9 Å². The molecule has 0 spiro atoms. The quantitative estimate of drug-likeness (QED) is 0.711. The van der Waals surface area contributed by atoms with E-state index in [1.54, 1.807) is 11.3 Å². The van der Waals surface area contributed by atoms with Crippen LogP contribution in [-0.4, -0.2) is 6.61 Å². The van der Waals surface area contributed by atoms with Gasteiger partial charge >= 0.3 is 0 Å². The van der Waals surface area contributed by atoms with Crippen molar-refractivity contribution < 1.29 is 4.74 Å². The van der Waals surface area contributed by atoms with Crippen LogP contribution in [-0.2, 0) is 6.42 Å². The second kappa shape index (κ2) is 4.76. The number of benzene rings is 1. The van der Waals surface area contributed by atoms with Gasteiger partial charge in [-0.2, -0.15) is 0 Å². The van der Waals surface area contributed by atoms with Crippen LogP contribution in [0.1, 0.15) is 26.9 Å². The molecule has 1 aliphatic rings. The van der Waals surface area contributed by atoms with Crippen LogP contribution >= 0.6 is 34.5 Å². The highest BCUT2D eigenvalue weighted by atomic mass is 35.5. The van der Waals surface area contributed by atoms with Crippen LogP contribution in [0.5, 0.6) is 5.75 Å². The maximum atomic E-state index is 6.53. The third kappa shape index (κ3) is 2.13. The Kier molecular flexibility index (Phi) is 3.27. The first-order chi connectivity index (χ1) is 8.65. The SMILES string of the molecule is Cc1cc(C(Cl)c2ccc3c(c2)CCO3)sc1Cl. The number of hydrogen-bond donors (Lipinski definition) is 0. The van der Waals surface area contributed by atoms with E-state index in [0.29, 0.717) is 0 Å². The van der Waals surface area contributed by atoms with Crippen LogP contribution in [0.15, 0.2) is 24.3 Å². The van der Waals surface area contributed by atoms with Gasteiger partial charge in [0, 0.05) is 11.3 Å². The lowest BCUT2D eigenvalue weighted by Gasteiger charge is -2.09. The van der Waals surface area contributed by atoms with Crippen molar-refractivity contribution in [2.45, 2.75) is 18.7 Å².